The van der Waals surface area contributed by atoms with Gasteiger partial charge in [-0.2, -0.15) is 0 Å². The maximum atomic E-state index is 14.4. The average molecular weight is 709 g/mol. The number of imidazole rings is 4. The van der Waals surface area contributed by atoms with Gasteiger partial charge in [0.2, 0.25) is 10.9 Å². The first-order valence-electron chi connectivity index (χ1n) is 17.9. The van der Waals surface area contributed by atoms with Crippen LogP contribution in [0.3, 0.4) is 0 Å². The molecule has 4 aromatic carbocycles. The Labute approximate surface area is 308 Å². The number of nitrogens with one attached hydrogen (secondary N) is 2. The van der Waals surface area contributed by atoms with E-state index < -0.39 is 0 Å². The molecule has 0 spiro atoms. The van der Waals surface area contributed by atoms with Crippen LogP contribution in [-0.2, 0) is 13.1 Å². The molecule has 2 N–H and O–H groups in total. The number of hydrogen-bond donors (Lipinski definition) is 2. The number of fused-ring (bicyclic) bond motifs is 16. The summed E-state index contributed by atoms with van der Waals surface area (Å²) in [4.78, 5) is 55.3. The summed E-state index contributed by atoms with van der Waals surface area (Å²) in [5.74, 6) is 0. The number of H-pyrrole nitrogens is 2. The highest BCUT2D eigenvalue weighted by Crippen LogP contribution is 2.24. The van der Waals surface area contributed by atoms with E-state index in [1.165, 1.54) is 0 Å². The second kappa shape index (κ2) is 12.9. The van der Waals surface area contributed by atoms with Crippen LogP contribution in [0.4, 0.5) is 0 Å². The van der Waals surface area contributed by atoms with Crippen LogP contribution in [0.5, 0.6) is 0 Å². The molecule has 0 aliphatic rings. The number of aryl methyl sites for hydroxylation is 4. The molecule has 0 atom stereocenters. The molecule has 0 radical (unpaired) electrons. The number of nitrogens with zero attached hydrogens (tertiary/aromatic N) is 6. The molecule has 264 valence electrons. The molecule has 0 amide bonds. The van der Waals surface area contributed by atoms with Crippen molar-refractivity contribution in [2.24, 2.45) is 0 Å². The summed E-state index contributed by atoms with van der Waals surface area (Å²) in [6.07, 6.45) is 0. The first kappa shape index (κ1) is 32.9. The van der Waals surface area contributed by atoms with E-state index in [1.54, 1.807) is 0 Å². The zero-order valence-electron chi connectivity index (χ0n) is 30.3. The lowest BCUT2D eigenvalue weighted by Crippen LogP contribution is -2.05. The summed E-state index contributed by atoms with van der Waals surface area (Å²) in [5, 5.41) is 3.16. The molecule has 5 heterocycles. The zero-order valence-corrected chi connectivity index (χ0v) is 30.3. The van der Waals surface area contributed by atoms with Crippen molar-refractivity contribution in [3.05, 3.63) is 164 Å². The Balaban J connectivity index is 1.47. The standard InChI is InChI=1S/C44H36N8O2/c1-25-35-39(53)37-27(3)51(23-29-13-7-5-8-14-29)43(49-37)33-19-12-20-34(22-33)44-50-38(28(4)52(44)24-30-15-9-6-10-16-30)40(54)36-26(2)46-42(48-36)32-18-11-17-31(21-32)41(45-25)47-35/h5-22H,23-24H2,1-4H3,(H,45,47)(H,46,48). The topological polar surface area (TPSA) is 127 Å². The highest BCUT2D eigenvalue weighted by molar-refractivity contribution is 5.91. The van der Waals surface area contributed by atoms with Gasteiger partial charge in [0.25, 0.3) is 0 Å². The van der Waals surface area contributed by atoms with Crippen molar-refractivity contribution in [2.75, 3.05) is 0 Å². The Morgan fingerprint density at radius 2 is 0.852 bits per heavy atom. The van der Waals surface area contributed by atoms with E-state index in [9.17, 15) is 9.59 Å². The fourth-order valence-electron chi connectivity index (χ4n) is 7.33. The monoisotopic (exact) mass is 708 g/mol. The van der Waals surface area contributed by atoms with E-state index in [2.05, 4.69) is 43.4 Å². The minimum absolute atomic E-state index is 0.259. The molecule has 0 unspecified atom stereocenters. The predicted octanol–water partition coefficient (Wildman–Crippen LogP) is 8.18. The molecule has 10 nitrogen and oxygen atoms in total. The summed E-state index contributed by atoms with van der Waals surface area (Å²) >= 11 is 0. The molecule has 9 rings (SSSR count). The van der Waals surface area contributed by atoms with Crippen molar-refractivity contribution in [2.45, 2.75) is 40.8 Å². The number of rotatable bonds is 4. The molecular formula is C44H36N8O2. The van der Waals surface area contributed by atoms with Gasteiger partial charge in [-0.1, -0.05) is 97.1 Å². The smallest absolute Gasteiger partial charge is 0.233 e. The fourth-order valence-corrected chi connectivity index (χ4v) is 7.33. The summed E-state index contributed by atoms with van der Waals surface area (Å²) in [6, 6.07) is 36.0. The minimum atomic E-state index is -0.259. The molecule has 54 heavy (non-hydrogen) atoms. The summed E-state index contributed by atoms with van der Waals surface area (Å²) < 4.78 is 4.18. The summed E-state index contributed by atoms with van der Waals surface area (Å²) in [7, 11) is 0. The molecule has 0 saturated carbocycles. The van der Waals surface area contributed by atoms with Crippen LogP contribution < -0.4 is 10.9 Å². The van der Waals surface area contributed by atoms with E-state index in [0.717, 1.165) is 44.1 Å². The van der Waals surface area contributed by atoms with E-state index in [0.29, 0.717) is 69.1 Å². The first-order valence-corrected chi connectivity index (χ1v) is 17.9. The molecule has 12 bridgehead atoms. The normalized spacial score (nSPS) is 11.6. The number of benzene rings is 4. The van der Waals surface area contributed by atoms with Gasteiger partial charge < -0.3 is 19.1 Å². The predicted molar refractivity (Wildman–Crippen MR) is 216 cm³/mol. The Kier molecular flexibility index (Phi) is 7.88. The van der Waals surface area contributed by atoms with Crippen molar-refractivity contribution in [1.82, 2.24) is 39.0 Å². The third-order valence-corrected chi connectivity index (χ3v) is 10.2. The Morgan fingerprint density at radius 1 is 0.463 bits per heavy atom. The number of aromatic nitrogens is 8. The van der Waals surface area contributed by atoms with Gasteiger partial charge in [-0.3, -0.25) is 9.59 Å². The summed E-state index contributed by atoms with van der Waals surface area (Å²) in [6.45, 7) is 8.60. The maximum absolute atomic E-state index is 14.4. The molecular weight excluding hydrogens is 673 g/mol. The second-order valence-electron chi connectivity index (χ2n) is 13.8. The molecule has 0 aliphatic heterocycles. The molecule has 5 aromatic heterocycles. The maximum Gasteiger partial charge on any atom is 0.233 e. The van der Waals surface area contributed by atoms with Crippen molar-refractivity contribution >= 4 is 66.2 Å². The Hall–Kier alpha value is -6.94. The Bertz CT molecular complexity index is 2990. The van der Waals surface area contributed by atoms with Crippen LogP contribution in [0.25, 0.3) is 66.2 Å². The highest BCUT2D eigenvalue weighted by Gasteiger charge is 2.17. The van der Waals surface area contributed by atoms with Crippen molar-refractivity contribution in [3.8, 4) is 0 Å². The molecule has 0 aliphatic carbocycles. The van der Waals surface area contributed by atoms with E-state index in [1.807, 2.05) is 113 Å². The van der Waals surface area contributed by atoms with Crippen molar-refractivity contribution < 1.29 is 0 Å². The number of aromatic amines is 2. The van der Waals surface area contributed by atoms with Crippen LogP contribution >= 0.6 is 0 Å². The zero-order chi connectivity index (χ0) is 37.1. The lowest BCUT2D eigenvalue weighted by molar-refractivity contribution is 0.806. The SMILES string of the molecule is Cc1[nH]c2nc1c(=O)c1nc(c3cccc(c3)c3nc(c(C)n3Cc3ccccc3)c(=O)c3nc([nH]c3C)c3cccc2c3)n(Cc2ccccc2)c1C. The van der Waals surface area contributed by atoms with Gasteiger partial charge in [0.1, 0.15) is 44.7 Å². The van der Waals surface area contributed by atoms with Gasteiger partial charge in [-0.15, -0.1) is 0 Å². The second-order valence-corrected chi connectivity index (χ2v) is 13.8. The van der Waals surface area contributed by atoms with Crippen molar-refractivity contribution in [3.63, 3.8) is 0 Å². The van der Waals surface area contributed by atoms with Gasteiger partial charge in [-0.05, 0) is 51.0 Å². The van der Waals surface area contributed by atoms with Crippen LogP contribution in [0.2, 0.25) is 0 Å². The van der Waals surface area contributed by atoms with E-state index >= 15 is 0 Å². The largest absolute Gasteiger partial charge is 0.341 e. The molecule has 9 aromatic rings. The summed E-state index contributed by atoms with van der Waals surface area (Å²) in [5.41, 5.74) is 8.07. The molecule has 10 heteroatoms. The Morgan fingerprint density at radius 3 is 1.28 bits per heavy atom. The van der Waals surface area contributed by atoms with Crippen LogP contribution in [0.15, 0.2) is 119 Å². The van der Waals surface area contributed by atoms with Gasteiger partial charge >= 0.3 is 0 Å². The quantitative estimate of drug-likeness (QED) is 0.190. The lowest BCUT2D eigenvalue weighted by Gasteiger charge is -2.09. The van der Waals surface area contributed by atoms with Crippen LogP contribution in [-0.4, -0.2) is 39.0 Å². The van der Waals surface area contributed by atoms with Crippen LogP contribution in [0, 0.1) is 27.7 Å². The van der Waals surface area contributed by atoms with Gasteiger partial charge in [0.15, 0.2) is 0 Å². The minimum Gasteiger partial charge on any atom is -0.341 e. The third-order valence-electron chi connectivity index (χ3n) is 10.2. The van der Waals surface area contributed by atoms with Gasteiger partial charge in [0, 0.05) is 57.4 Å². The van der Waals surface area contributed by atoms with Crippen LogP contribution in [0.1, 0.15) is 33.9 Å². The van der Waals surface area contributed by atoms with Gasteiger partial charge in [0.05, 0.1) is 0 Å². The fraction of sp³-hybridized carbons (Fsp3) is 0.136. The first-order chi connectivity index (χ1) is 26.2. The van der Waals surface area contributed by atoms with Gasteiger partial charge in [-0.25, -0.2) is 19.9 Å². The third kappa shape index (κ3) is 5.59. The van der Waals surface area contributed by atoms with E-state index in [4.69, 9.17) is 19.9 Å². The number of hydrogen-bond acceptors (Lipinski definition) is 6. The van der Waals surface area contributed by atoms with Crippen molar-refractivity contribution in [1.29, 1.82) is 0 Å². The van der Waals surface area contributed by atoms with E-state index in [-0.39, 0.29) is 10.9 Å². The highest BCUT2D eigenvalue weighted by atomic mass is 16.1. The molecule has 0 fully saturated rings. The lowest BCUT2D eigenvalue weighted by atomic mass is 10.2. The average Bonchev–Trinajstić information content (AvgIpc) is 3.95. The molecule has 0 saturated heterocycles.